The molecule has 0 spiro atoms. The molecule has 26 heavy (non-hydrogen) atoms. The molecule has 0 fully saturated rings. The molecular formula is C21H22N4O. The van der Waals surface area contributed by atoms with Gasteiger partial charge in [-0.15, -0.1) is 0 Å². The lowest BCUT2D eigenvalue weighted by atomic mass is 10.1. The Morgan fingerprint density at radius 3 is 2.54 bits per heavy atom. The van der Waals surface area contributed by atoms with E-state index in [2.05, 4.69) is 32.7 Å². The number of hydrogen-bond donors (Lipinski definition) is 2. The van der Waals surface area contributed by atoms with E-state index in [1.54, 1.807) is 6.20 Å². The van der Waals surface area contributed by atoms with Crippen LogP contribution in [0.1, 0.15) is 27.2 Å². The second-order valence-corrected chi connectivity index (χ2v) is 6.22. The van der Waals surface area contributed by atoms with E-state index >= 15 is 0 Å². The quantitative estimate of drug-likeness (QED) is 0.708. The molecule has 0 aliphatic carbocycles. The Hall–Kier alpha value is -3.21. The van der Waals surface area contributed by atoms with Crippen LogP contribution in [0.3, 0.4) is 0 Å². The summed E-state index contributed by atoms with van der Waals surface area (Å²) in [4.78, 5) is 20.8. The summed E-state index contributed by atoms with van der Waals surface area (Å²) in [5.41, 5.74) is 4.45. The van der Waals surface area contributed by atoms with Crippen LogP contribution in [0.25, 0.3) is 0 Å². The highest BCUT2D eigenvalue weighted by atomic mass is 16.1. The van der Waals surface area contributed by atoms with Crippen molar-refractivity contribution in [3.05, 3.63) is 83.3 Å². The van der Waals surface area contributed by atoms with Crippen molar-refractivity contribution in [2.45, 2.75) is 20.3 Å². The number of benzene rings is 2. The summed E-state index contributed by atoms with van der Waals surface area (Å²) in [6.07, 6.45) is 3.98. The highest BCUT2D eigenvalue weighted by Gasteiger charge is 2.10. The van der Waals surface area contributed by atoms with E-state index in [-0.39, 0.29) is 5.91 Å². The average Bonchev–Trinajstić information content (AvgIpc) is 2.66. The number of hydrogen-bond acceptors (Lipinski definition) is 4. The molecule has 0 atom stereocenters. The van der Waals surface area contributed by atoms with Crippen molar-refractivity contribution in [2.24, 2.45) is 0 Å². The van der Waals surface area contributed by atoms with Gasteiger partial charge in [0.25, 0.3) is 5.91 Å². The number of aryl methyl sites for hydroxylation is 2. The predicted octanol–water partition coefficient (Wildman–Crippen LogP) is 4.00. The lowest BCUT2D eigenvalue weighted by Gasteiger charge is -2.09. The predicted molar refractivity (Wildman–Crippen MR) is 105 cm³/mol. The maximum atomic E-state index is 12.4. The largest absolute Gasteiger partial charge is 0.368 e. The highest BCUT2D eigenvalue weighted by Crippen LogP contribution is 2.17. The van der Waals surface area contributed by atoms with E-state index in [1.165, 1.54) is 11.8 Å². The van der Waals surface area contributed by atoms with Crippen LogP contribution >= 0.6 is 0 Å². The van der Waals surface area contributed by atoms with Crippen molar-refractivity contribution >= 4 is 17.4 Å². The number of nitrogens with zero attached hydrogens (tertiary/aromatic N) is 2. The minimum atomic E-state index is -0.262. The zero-order chi connectivity index (χ0) is 18.4. The lowest BCUT2D eigenvalue weighted by Crippen LogP contribution is -2.15. The van der Waals surface area contributed by atoms with Gasteiger partial charge in [0, 0.05) is 12.2 Å². The fraction of sp³-hybridized carbons (Fsp3) is 0.190. The van der Waals surface area contributed by atoms with Crippen LogP contribution in [0.2, 0.25) is 0 Å². The summed E-state index contributed by atoms with van der Waals surface area (Å²) in [7, 11) is 0. The number of amides is 1. The Bertz CT molecular complexity index is 876. The molecular weight excluding hydrogens is 324 g/mol. The average molecular weight is 346 g/mol. The first-order valence-corrected chi connectivity index (χ1v) is 8.60. The van der Waals surface area contributed by atoms with Crippen molar-refractivity contribution in [3.8, 4) is 0 Å². The van der Waals surface area contributed by atoms with Gasteiger partial charge in [-0.25, -0.2) is 9.97 Å². The molecule has 0 saturated heterocycles. The summed E-state index contributed by atoms with van der Waals surface area (Å²) in [5.74, 6) is 0.395. The maximum Gasteiger partial charge on any atom is 0.275 e. The van der Waals surface area contributed by atoms with Gasteiger partial charge in [-0.2, -0.15) is 0 Å². The lowest BCUT2D eigenvalue weighted by molar-refractivity contribution is 0.102. The first kappa shape index (κ1) is 17.6. The molecule has 3 rings (SSSR count). The van der Waals surface area contributed by atoms with Crippen LogP contribution in [-0.4, -0.2) is 22.4 Å². The van der Waals surface area contributed by atoms with E-state index < -0.39 is 0 Å². The van der Waals surface area contributed by atoms with Crippen LogP contribution < -0.4 is 10.6 Å². The molecule has 0 bridgehead atoms. The number of rotatable bonds is 6. The van der Waals surface area contributed by atoms with Crippen molar-refractivity contribution in [3.63, 3.8) is 0 Å². The molecule has 0 unspecified atom stereocenters. The van der Waals surface area contributed by atoms with Gasteiger partial charge in [-0.3, -0.25) is 4.79 Å². The Balaban J connectivity index is 1.56. The highest BCUT2D eigenvalue weighted by molar-refractivity contribution is 6.03. The van der Waals surface area contributed by atoms with Gasteiger partial charge >= 0.3 is 0 Å². The zero-order valence-electron chi connectivity index (χ0n) is 15.0. The fourth-order valence-corrected chi connectivity index (χ4v) is 2.57. The van der Waals surface area contributed by atoms with Crippen molar-refractivity contribution in [1.29, 1.82) is 0 Å². The molecule has 1 amide bonds. The molecule has 1 heterocycles. The second-order valence-electron chi connectivity index (χ2n) is 6.22. The molecule has 0 aliphatic heterocycles. The SMILES string of the molecule is Cc1ccc(C)c(NC(=O)c2cnc(NCCc3ccccc3)cn2)c1. The first-order valence-electron chi connectivity index (χ1n) is 8.60. The van der Waals surface area contributed by atoms with Crippen molar-refractivity contribution in [1.82, 2.24) is 9.97 Å². The minimum absolute atomic E-state index is 0.262. The van der Waals surface area contributed by atoms with Crippen LogP contribution in [-0.2, 0) is 6.42 Å². The summed E-state index contributed by atoms with van der Waals surface area (Å²) in [6, 6.07) is 16.2. The van der Waals surface area contributed by atoms with Gasteiger partial charge < -0.3 is 10.6 Å². The fourth-order valence-electron chi connectivity index (χ4n) is 2.57. The van der Waals surface area contributed by atoms with Crippen LogP contribution in [0.5, 0.6) is 0 Å². The van der Waals surface area contributed by atoms with E-state index in [4.69, 9.17) is 0 Å². The summed E-state index contributed by atoms with van der Waals surface area (Å²) in [6.45, 7) is 4.71. The van der Waals surface area contributed by atoms with Gasteiger partial charge in [0.15, 0.2) is 0 Å². The third-order valence-electron chi connectivity index (χ3n) is 4.09. The molecule has 132 valence electrons. The van der Waals surface area contributed by atoms with Gasteiger partial charge in [-0.1, -0.05) is 42.5 Å². The van der Waals surface area contributed by atoms with Gasteiger partial charge in [0.2, 0.25) is 0 Å². The zero-order valence-corrected chi connectivity index (χ0v) is 15.0. The van der Waals surface area contributed by atoms with E-state index in [1.807, 2.05) is 50.2 Å². The summed E-state index contributed by atoms with van der Waals surface area (Å²) >= 11 is 0. The maximum absolute atomic E-state index is 12.4. The number of nitrogens with one attached hydrogen (secondary N) is 2. The van der Waals surface area contributed by atoms with Gasteiger partial charge in [-0.05, 0) is 43.0 Å². The Kier molecular flexibility index (Phi) is 5.59. The monoisotopic (exact) mass is 346 g/mol. The normalized spacial score (nSPS) is 10.4. The molecule has 0 aliphatic rings. The first-order chi connectivity index (χ1) is 12.6. The van der Waals surface area contributed by atoms with Crippen molar-refractivity contribution in [2.75, 3.05) is 17.2 Å². The van der Waals surface area contributed by atoms with E-state index in [9.17, 15) is 4.79 Å². The molecule has 3 aromatic rings. The Morgan fingerprint density at radius 2 is 1.81 bits per heavy atom. The van der Waals surface area contributed by atoms with Gasteiger partial charge in [0.1, 0.15) is 11.5 Å². The van der Waals surface area contributed by atoms with E-state index in [0.29, 0.717) is 11.5 Å². The number of aromatic nitrogens is 2. The Morgan fingerprint density at radius 1 is 1.00 bits per heavy atom. The number of carbonyl (C=O) groups excluding carboxylic acids is 1. The van der Waals surface area contributed by atoms with Crippen LogP contribution in [0.4, 0.5) is 11.5 Å². The third kappa shape index (κ3) is 4.66. The summed E-state index contributed by atoms with van der Waals surface area (Å²) in [5, 5.41) is 6.11. The molecule has 2 N–H and O–H groups in total. The third-order valence-corrected chi connectivity index (χ3v) is 4.09. The number of anilines is 2. The second kappa shape index (κ2) is 8.25. The van der Waals surface area contributed by atoms with Crippen LogP contribution in [0.15, 0.2) is 60.9 Å². The Labute approximate surface area is 153 Å². The topological polar surface area (TPSA) is 66.9 Å². The molecule has 0 radical (unpaired) electrons. The molecule has 5 heteroatoms. The molecule has 5 nitrogen and oxygen atoms in total. The number of carbonyl (C=O) groups is 1. The molecule has 1 aromatic heterocycles. The van der Waals surface area contributed by atoms with Gasteiger partial charge in [0.05, 0.1) is 12.4 Å². The van der Waals surface area contributed by atoms with E-state index in [0.717, 1.165) is 29.8 Å². The molecule has 2 aromatic carbocycles. The summed E-state index contributed by atoms with van der Waals surface area (Å²) < 4.78 is 0. The molecule has 0 saturated carbocycles. The van der Waals surface area contributed by atoms with Crippen LogP contribution in [0, 0.1) is 13.8 Å². The smallest absolute Gasteiger partial charge is 0.275 e. The van der Waals surface area contributed by atoms with Crippen molar-refractivity contribution < 1.29 is 4.79 Å². The standard InChI is InChI=1S/C21H22N4O/c1-15-8-9-16(2)18(12-15)25-21(26)19-13-24-20(14-23-19)22-11-10-17-6-4-3-5-7-17/h3-9,12-14H,10-11H2,1-2H3,(H,22,24)(H,25,26). The minimum Gasteiger partial charge on any atom is -0.368 e.